The molecule has 0 aliphatic carbocycles. The normalized spacial score (nSPS) is 18.2. The summed E-state index contributed by atoms with van der Waals surface area (Å²) in [4.78, 5) is 17.6. The topological polar surface area (TPSA) is 55.8 Å². The van der Waals surface area contributed by atoms with Gasteiger partial charge in [-0.15, -0.1) is 0 Å². The third-order valence-electron chi connectivity index (χ3n) is 5.74. The Kier molecular flexibility index (Phi) is 9.81. The van der Waals surface area contributed by atoms with Crippen LogP contribution in [-0.2, 0) is 4.79 Å². The Morgan fingerprint density at radius 1 is 1.07 bits per heavy atom. The van der Waals surface area contributed by atoms with Crippen molar-refractivity contribution in [1.29, 1.82) is 0 Å². The molecule has 152 valence electrons. The second-order valence-electron chi connectivity index (χ2n) is 7.68. The number of piperazine rings is 1. The molecule has 2 atom stereocenters. The molecule has 5 nitrogen and oxygen atoms in total. The predicted molar refractivity (Wildman–Crippen MR) is 111 cm³/mol. The third kappa shape index (κ3) is 7.24. The van der Waals surface area contributed by atoms with Crippen LogP contribution in [-0.4, -0.2) is 73.2 Å². The smallest absolute Gasteiger partial charge is 0.227 e. The third-order valence-corrected chi connectivity index (χ3v) is 5.74. The van der Waals surface area contributed by atoms with Gasteiger partial charge >= 0.3 is 0 Å². The Morgan fingerprint density at radius 3 is 2.30 bits per heavy atom. The molecule has 1 fully saturated rings. The van der Waals surface area contributed by atoms with E-state index in [4.69, 9.17) is 5.11 Å². The number of aliphatic hydroxyl groups is 1. The van der Waals surface area contributed by atoms with Crippen LogP contribution in [0, 0.1) is 5.92 Å². The maximum atomic E-state index is 12.8. The molecule has 0 bridgehead atoms. The molecular weight excluding hydrogens is 338 g/mol. The molecule has 0 unspecified atom stereocenters. The summed E-state index contributed by atoms with van der Waals surface area (Å²) < 4.78 is 0. The first kappa shape index (κ1) is 21.9. The number of carbonyl (C=O) groups is 1. The van der Waals surface area contributed by atoms with E-state index in [-0.39, 0.29) is 18.4 Å². The fourth-order valence-electron chi connectivity index (χ4n) is 3.79. The molecule has 1 aromatic rings. The molecule has 2 N–H and O–H groups in total. The van der Waals surface area contributed by atoms with E-state index in [2.05, 4.69) is 41.1 Å². The van der Waals surface area contributed by atoms with Crippen molar-refractivity contribution in [1.82, 2.24) is 15.1 Å². The first-order chi connectivity index (χ1) is 13.2. The van der Waals surface area contributed by atoms with Crippen LogP contribution in [0.25, 0.3) is 0 Å². The zero-order valence-corrected chi connectivity index (χ0v) is 17.1. The van der Waals surface area contributed by atoms with Crippen LogP contribution in [0.1, 0.15) is 44.6 Å². The lowest BCUT2D eigenvalue weighted by Crippen LogP contribution is -2.47. The highest BCUT2D eigenvalue weighted by Crippen LogP contribution is 2.27. The van der Waals surface area contributed by atoms with Gasteiger partial charge in [0.2, 0.25) is 5.91 Å². The number of amides is 1. The number of aliphatic hydroxyl groups excluding tert-OH is 1. The molecule has 1 heterocycles. The number of unbranched alkanes of at least 4 members (excludes halogenated alkanes) is 1. The minimum Gasteiger partial charge on any atom is -0.395 e. The highest BCUT2D eigenvalue weighted by molar-refractivity contribution is 5.83. The second-order valence-corrected chi connectivity index (χ2v) is 7.68. The van der Waals surface area contributed by atoms with Crippen LogP contribution < -0.4 is 5.32 Å². The van der Waals surface area contributed by atoms with E-state index in [1.54, 1.807) is 0 Å². The molecule has 0 saturated carbocycles. The molecule has 27 heavy (non-hydrogen) atoms. The second kappa shape index (κ2) is 12.1. The van der Waals surface area contributed by atoms with E-state index >= 15 is 0 Å². The van der Waals surface area contributed by atoms with Gasteiger partial charge in [-0.3, -0.25) is 9.69 Å². The summed E-state index contributed by atoms with van der Waals surface area (Å²) in [7, 11) is 0. The monoisotopic (exact) mass is 375 g/mol. The van der Waals surface area contributed by atoms with Crippen molar-refractivity contribution >= 4 is 5.91 Å². The van der Waals surface area contributed by atoms with Crippen LogP contribution in [0.3, 0.4) is 0 Å². The van der Waals surface area contributed by atoms with E-state index in [9.17, 15) is 4.79 Å². The first-order valence-electron chi connectivity index (χ1n) is 10.5. The van der Waals surface area contributed by atoms with Gasteiger partial charge in [0, 0.05) is 39.3 Å². The van der Waals surface area contributed by atoms with Gasteiger partial charge in [0.25, 0.3) is 0 Å². The molecule has 1 aromatic carbocycles. The summed E-state index contributed by atoms with van der Waals surface area (Å²) in [5.41, 5.74) is 1.12. The van der Waals surface area contributed by atoms with Gasteiger partial charge in [-0.2, -0.15) is 0 Å². The van der Waals surface area contributed by atoms with Gasteiger partial charge in [0.1, 0.15) is 0 Å². The average Bonchev–Trinajstić information content (AvgIpc) is 2.70. The number of nitrogens with one attached hydrogen (secondary N) is 1. The Bertz CT molecular complexity index is 530. The lowest BCUT2D eigenvalue weighted by molar-refractivity contribution is -0.123. The number of hydrogen-bond donors (Lipinski definition) is 2. The number of rotatable bonds is 11. The van der Waals surface area contributed by atoms with Gasteiger partial charge in [-0.25, -0.2) is 0 Å². The molecule has 1 amide bonds. The number of hydrogen-bond acceptors (Lipinski definition) is 4. The van der Waals surface area contributed by atoms with Gasteiger partial charge < -0.3 is 15.3 Å². The minimum atomic E-state index is -0.0594. The predicted octanol–water partition coefficient (Wildman–Crippen LogP) is 2.32. The summed E-state index contributed by atoms with van der Waals surface area (Å²) in [5.74, 6) is 0.437. The number of carbonyl (C=O) groups excluding carboxylic acids is 1. The van der Waals surface area contributed by atoms with Crippen molar-refractivity contribution in [3.05, 3.63) is 35.9 Å². The van der Waals surface area contributed by atoms with E-state index in [0.717, 1.165) is 70.6 Å². The number of β-amino-alcohol motifs (C(OH)–C–C–N with tert-alkyl or cyclic N) is 1. The molecule has 1 aliphatic heterocycles. The summed E-state index contributed by atoms with van der Waals surface area (Å²) in [6, 6.07) is 10.1. The van der Waals surface area contributed by atoms with Crippen LogP contribution in [0.15, 0.2) is 30.3 Å². The maximum Gasteiger partial charge on any atom is 0.227 e. The Labute approximate surface area is 164 Å². The molecule has 2 rings (SSSR count). The standard InChI is InChI=1S/C22H37N3O2/c1-3-19(2)21(20-9-5-4-6-10-20)22(27)23-11-7-8-12-24-13-15-25(16-14-24)17-18-26/h4-6,9-10,19,21,26H,3,7-8,11-18H2,1-2H3,(H,23,27)/t19-,21+/m0/s1. The van der Waals surface area contributed by atoms with E-state index in [1.807, 2.05) is 18.2 Å². The molecule has 1 aliphatic rings. The quantitative estimate of drug-likeness (QED) is 0.583. The highest BCUT2D eigenvalue weighted by atomic mass is 16.3. The Hall–Kier alpha value is -1.43. The fraction of sp³-hybridized carbons (Fsp3) is 0.682. The van der Waals surface area contributed by atoms with Gasteiger partial charge in [0.05, 0.1) is 12.5 Å². The molecule has 0 spiro atoms. The van der Waals surface area contributed by atoms with Gasteiger partial charge in [0.15, 0.2) is 0 Å². The number of benzene rings is 1. The molecule has 0 radical (unpaired) electrons. The van der Waals surface area contributed by atoms with Crippen molar-refractivity contribution in [2.75, 3.05) is 52.4 Å². The van der Waals surface area contributed by atoms with Gasteiger partial charge in [-0.1, -0.05) is 50.6 Å². The zero-order chi connectivity index (χ0) is 19.5. The highest BCUT2D eigenvalue weighted by Gasteiger charge is 2.25. The van der Waals surface area contributed by atoms with Crippen molar-refractivity contribution in [3.8, 4) is 0 Å². The van der Waals surface area contributed by atoms with Gasteiger partial charge in [-0.05, 0) is 30.9 Å². The first-order valence-corrected chi connectivity index (χ1v) is 10.5. The van der Waals surface area contributed by atoms with Crippen molar-refractivity contribution in [2.45, 2.75) is 39.0 Å². The van der Waals surface area contributed by atoms with Crippen molar-refractivity contribution in [3.63, 3.8) is 0 Å². The largest absolute Gasteiger partial charge is 0.395 e. The SMILES string of the molecule is CC[C@H](C)[C@@H](C(=O)NCCCCN1CCN(CCO)CC1)c1ccccc1. The summed E-state index contributed by atoms with van der Waals surface area (Å²) >= 11 is 0. The van der Waals surface area contributed by atoms with Crippen molar-refractivity contribution in [2.24, 2.45) is 5.92 Å². The van der Waals surface area contributed by atoms with E-state index in [0.29, 0.717) is 5.92 Å². The molecular formula is C22H37N3O2. The zero-order valence-electron chi connectivity index (χ0n) is 17.1. The minimum absolute atomic E-state index is 0.0594. The number of nitrogens with zero attached hydrogens (tertiary/aromatic N) is 2. The van der Waals surface area contributed by atoms with Crippen molar-refractivity contribution < 1.29 is 9.90 Å². The summed E-state index contributed by atoms with van der Waals surface area (Å²) in [6.45, 7) is 11.4. The lowest BCUT2D eigenvalue weighted by Gasteiger charge is -2.34. The lowest BCUT2D eigenvalue weighted by atomic mass is 9.85. The molecule has 0 aromatic heterocycles. The molecule has 1 saturated heterocycles. The van der Waals surface area contributed by atoms with Crippen LogP contribution in [0.2, 0.25) is 0 Å². The summed E-state index contributed by atoms with van der Waals surface area (Å²) in [6.07, 6.45) is 3.12. The van der Waals surface area contributed by atoms with Crippen LogP contribution in [0.5, 0.6) is 0 Å². The summed E-state index contributed by atoms with van der Waals surface area (Å²) in [5, 5.41) is 12.2. The average molecular weight is 376 g/mol. The van der Waals surface area contributed by atoms with E-state index < -0.39 is 0 Å². The maximum absolute atomic E-state index is 12.8. The van der Waals surface area contributed by atoms with E-state index in [1.165, 1.54) is 0 Å². The van der Waals surface area contributed by atoms with Crippen LogP contribution >= 0.6 is 0 Å². The Morgan fingerprint density at radius 2 is 1.70 bits per heavy atom. The Balaban J connectivity index is 1.67. The van der Waals surface area contributed by atoms with Crippen LogP contribution in [0.4, 0.5) is 0 Å². The molecule has 5 heteroatoms. The fourth-order valence-corrected chi connectivity index (χ4v) is 3.79.